The molecule has 0 bridgehead atoms. The van der Waals surface area contributed by atoms with Crippen LogP contribution in [0.25, 0.3) is 0 Å². The molecule has 2 aromatic rings. The molecule has 7 heteroatoms. The fourth-order valence-corrected chi connectivity index (χ4v) is 3.93. The van der Waals surface area contributed by atoms with Gasteiger partial charge in [-0.05, 0) is 42.9 Å². The molecule has 29 heavy (non-hydrogen) atoms. The summed E-state index contributed by atoms with van der Waals surface area (Å²) in [7, 11) is 1.61. The van der Waals surface area contributed by atoms with E-state index in [-0.39, 0.29) is 36.6 Å². The monoisotopic (exact) mass is 411 g/mol. The largest absolute Gasteiger partial charge is 0.336 e. The number of nitrogens with zero attached hydrogens (tertiary/aromatic N) is 1. The first-order chi connectivity index (χ1) is 14.0. The second-order valence-electron chi connectivity index (χ2n) is 7.08. The van der Waals surface area contributed by atoms with E-state index in [1.165, 1.54) is 4.90 Å². The number of benzene rings is 2. The SMILES string of the molecule is CSc1ccccc1NC(=O)CN(C)C(=O)CC[C@@H]1Cc2ccccc2NC1=O. The van der Waals surface area contributed by atoms with E-state index >= 15 is 0 Å². The van der Waals surface area contributed by atoms with Crippen molar-refractivity contribution in [3.63, 3.8) is 0 Å². The predicted octanol–water partition coefficient (Wildman–Crippen LogP) is 3.40. The summed E-state index contributed by atoms with van der Waals surface area (Å²) in [6.45, 7) is -0.0265. The lowest BCUT2D eigenvalue weighted by Gasteiger charge is -2.25. The number of amides is 3. The van der Waals surface area contributed by atoms with E-state index in [4.69, 9.17) is 0 Å². The quantitative estimate of drug-likeness (QED) is 0.685. The number of hydrogen-bond donors (Lipinski definition) is 2. The Morgan fingerprint density at radius 3 is 2.69 bits per heavy atom. The molecule has 6 nitrogen and oxygen atoms in total. The number of para-hydroxylation sites is 2. The van der Waals surface area contributed by atoms with Gasteiger partial charge in [0.25, 0.3) is 0 Å². The number of likely N-dealkylation sites (N-methyl/N-ethyl adjacent to an activating group) is 1. The molecule has 1 aliphatic rings. The fraction of sp³-hybridized carbons (Fsp3) is 0.318. The lowest BCUT2D eigenvalue weighted by molar-refractivity contribution is -0.133. The van der Waals surface area contributed by atoms with Crippen molar-refractivity contribution in [3.8, 4) is 0 Å². The van der Waals surface area contributed by atoms with Crippen molar-refractivity contribution in [2.75, 3.05) is 30.5 Å². The van der Waals surface area contributed by atoms with Crippen LogP contribution in [0.3, 0.4) is 0 Å². The van der Waals surface area contributed by atoms with Crippen molar-refractivity contribution in [2.24, 2.45) is 5.92 Å². The summed E-state index contributed by atoms with van der Waals surface area (Å²) in [5.74, 6) is -0.674. The van der Waals surface area contributed by atoms with Crippen LogP contribution in [0.2, 0.25) is 0 Å². The lowest BCUT2D eigenvalue weighted by atomic mass is 9.89. The molecule has 3 rings (SSSR count). The minimum Gasteiger partial charge on any atom is -0.336 e. The zero-order valence-electron chi connectivity index (χ0n) is 16.6. The molecule has 0 aliphatic carbocycles. The van der Waals surface area contributed by atoms with Crippen LogP contribution in [-0.4, -0.2) is 42.5 Å². The maximum Gasteiger partial charge on any atom is 0.244 e. The minimum atomic E-state index is -0.244. The van der Waals surface area contributed by atoms with E-state index in [0.717, 1.165) is 21.8 Å². The van der Waals surface area contributed by atoms with Gasteiger partial charge in [-0.25, -0.2) is 0 Å². The van der Waals surface area contributed by atoms with Crippen LogP contribution in [-0.2, 0) is 20.8 Å². The van der Waals surface area contributed by atoms with Gasteiger partial charge in [0.1, 0.15) is 0 Å². The number of hydrogen-bond acceptors (Lipinski definition) is 4. The predicted molar refractivity (Wildman–Crippen MR) is 116 cm³/mol. The number of carbonyl (C=O) groups is 3. The first-order valence-corrected chi connectivity index (χ1v) is 10.8. The van der Waals surface area contributed by atoms with Gasteiger partial charge < -0.3 is 15.5 Å². The van der Waals surface area contributed by atoms with Gasteiger partial charge in [-0.2, -0.15) is 0 Å². The third-order valence-electron chi connectivity index (χ3n) is 5.01. The topological polar surface area (TPSA) is 78.5 Å². The summed E-state index contributed by atoms with van der Waals surface area (Å²) in [5.41, 5.74) is 2.67. The Bertz CT molecular complexity index is 916. The zero-order chi connectivity index (χ0) is 20.8. The Labute approximate surface area is 175 Å². The highest BCUT2D eigenvalue weighted by Gasteiger charge is 2.27. The summed E-state index contributed by atoms with van der Waals surface area (Å²) in [4.78, 5) is 39.4. The number of carbonyl (C=O) groups excluding carboxylic acids is 3. The highest BCUT2D eigenvalue weighted by molar-refractivity contribution is 7.98. The standard InChI is InChI=1S/C22H25N3O3S/c1-25(14-20(26)23-18-9-5-6-10-19(18)29-2)21(27)12-11-16-13-15-7-3-4-8-17(15)24-22(16)28/h3-10,16H,11-14H2,1-2H3,(H,23,26)(H,24,28)/t16-/m1/s1. The van der Waals surface area contributed by atoms with Crippen molar-refractivity contribution in [3.05, 3.63) is 54.1 Å². The zero-order valence-corrected chi connectivity index (χ0v) is 17.4. The van der Waals surface area contributed by atoms with E-state index in [1.54, 1.807) is 18.8 Å². The Hall–Kier alpha value is -2.80. The maximum absolute atomic E-state index is 12.5. The van der Waals surface area contributed by atoms with Crippen molar-refractivity contribution >= 4 is 40.9 Å². The molecule has 1 aliphatic heterocycles. The summed E-state index contributed by atoms with van der Waals surface area (Å²) in [5, 5.41) is 5.76. The molecule has 152 valence electrons. The molecule has 0 fully saturated rings. The number of thioether (sulfide) groups is 1. The molecule has 0 saturated carbocycles. The van der Waals surface area contributed by atoms with Crippen LogP contribution >= 0.6 is 11.8 Å². The first kappa shape index (κ1) is 20.9. The number of anilines is 2. The molecule has 0 aromatic heterocycles. The van der Waals surface area contributed by atoms with Gasteiger partial charge in [0.2, 0.25) is 17.7 Å². The van der Waals surface area contributed by atoms with E-state index in [9.17, 15) is 14.4 Å². The van der Waals surface area contributed by atoms with Gasteiger partial charge in [-0.3, -0.25) is 14.4 Å². The molecular formula is C22H25N3O3S. The summed E-state index contributed by atoms with van der Waals surface area (Å²) in [6, 6.07) is 15.3. The Morgan fingerprint density at radius 2 is 1.90 bits per heavy atom. The molecule has 1 heterocycles. The first-order valence-electron chi connectivity index (χ1n) is 9.53. The van der Waals surface area contributed by atoms with Crippen LogP contribution in [0.15, 0.2) is 53.4 Å². The average Bonchev–Trinajstić information content (AvgIpc) is 2.72. The van der Waals surface area contributed by atoms with Crippen LogP contribution in [0.1, 0.15) is 18.4 Å². The Balaban J connectivity index is 1.49. The van der Waals surface area contributed by atoms with Crippen LogP contribution in [0.4, 0.5) is 11.4 Å². The van der Waals surface area contributed by atoms with E-state index < -0.39 is 0 Å². The lowest BCUT2D eigenvalue weighted by Crippen LogP contribution is -2.36. The normalized spacial score (nSPS) is 15.2. The third kappa shape index (κ3) is 5.38. The third-order valence-corrected chi connectivity index (χ3v) is 5.80. The van der Waals surface area contributed by atoms with E-state index in [1.807, 2.05) is 54.8 Å². The average molecular weight is 412 g/mol. The van der Waals surface area contributed by atoms with Crippen LogP contribution < -0.4 is 10.6 Å². The second-order valence-corrected chi connectivity index (χ2v) is 7.93. The molecule has 0 unspecified atom stereocenters. The molecule has 0 radical (unpaired) electrons. The van der Waals surface area contributed by atoms with Gasteiger partial charge in [0.05, 0.1) is 12.2 Å². The molecular weight excluding hydrogens is 386 g/mol. The van der Waals surface area contributed by atoms with Gasteiger partial charge >= 0.3 is 0 Å². The van der Waals surface area contributed by atoms with Crippen molar-refractivity contribution in [2.45, 2.75) is 24.2 Å². The number of nitrogens with one attached hydrogen (secondary N) is 2. The van der Waals surface area contributed by atoms with Gasteiger partial charge in [-0.15, -0.1) is 11.8 Å². The Morgan fingerprint density at radius 1 is 1.17 bits per heavy atom. The minimum absolute atomic E-state index is 0.0265. The number of fused-ring (bicyclic) bond motifs is 1. The Kier molecular flexibility index (Phi) is 6.93. The van der Waals surface area contributed by atoms with Crippen LogP contribution in [0.5, 0.6) is 0 Å². The van der Waals surface area contributed by atoms with Gasteiger partial charge in [0.15, 0.2) is 0 Å². The fourth-order valence-electron chi connectivity index (χ4n) is 3.38. The van der Waals surface area contributed by atoms with Crippen molar-refractivity contribution in [1.29, 1.82) is 0 Å². The highest BCUT2D eigenvalue weighted by Crippen LogP contribution is 2.28. The smallest absolute Gasteiger partial charge is 0.244 e. The highest BCUT2D eigenvalue weighted by atomic mass is 32.2. The molecule has 2 aromatic carbocycles. The molecule has 0 saturated heterocycles. The number of rotatable bonds is 7. The second kappa shape index (κ2) is 9.60. The van der Waals surface area contributed by atoms with Gasteiger partial charge in [0, 0.05) is 30.0 Å². The molecule has 0 spiro atoms. The van der Waals surface area contributed by atoms with E-state index in [2.05, 4.69) is 10.6 Å². The van der Waals surface area contributed by atoms with E-state index in [0.29, 0.717) is 12.8 Å². The molecule has 3 amide bonds. The summed E-state index contributed by atoms with van der Waals surface area (Å²) >= 11 is 1.55. The van der Waals surface area contributed by atoms with Crippen molar-refractivity contribution < 1.29 is 14.4 Å². The van der Waals surface area contributed by atoms with Gasteiger partial charge in [-0.1, -0.05) is 30.3 Å². The van der Waals surface area contributed by atoms with Crippen LogP contribution in [0, 0.1) is 5.92 Å². The van der Waals surface area contributed by atoms with Crippen molar-refractivity contribution in [1.82, 2.24) is 4.90 Å². The molecule has 2 N–H and O–H groups in total. The summed E-state index contributed by atoms with van der Waals surface area (Å²) in [6.07, 6.45) is 3.26. The molecule has 1 atom stereocenters. The summed E-state index contributed by atoms with van der Waals surface area (Å²) < 4.78 is 0. The maximum atomic E-state index is 12.5.